The summed E-state index contributed by atoms with van der Waals surface area (Å²) in [6, 6.07) is 13.5. The van der Waals surface area contributed by atoms with Crippen molar-refractivity contribution >= 4 is 45.2 Å². The number of hydrogen-bond acceptors (Lipinski definition) is 8. The zero-order valence-electron chi connectivity index (χ0n) is 25.2. The quantitative estimate of drug-likeness (QED) is 0.210. The van der Waals surface area contributed by atoms with Crippen molar-refractivity contribution < 1.29 is 27.4 Å². The minimum Gasteiger partial charge on any atom is -0.457 e. The van der Waals surface area contributed by atoms with Gasteiger partial charge in [-0.3, -0.25) is 4.57 Å². The lowest BCUT2D eigenvalue weighted by Gasteiger charge is -2.36. The molecule has 1 aliphatic heterocycles. The van der Waals surface area contributed by atoms with Gasteiger partial charge < -0.3 is 24.6 Å². The zero-order valence-corrected chi connectivity index (χ0v) is 25.2. The number of amides is 1. The highest BCUT2D eigenvalue weighted by Crippen LogP contribution is 2.35. The fraction of sp³-hybridized carbons (Fsp3) is 0.312. The number of ether oxygens (including phenoxy) is 2. The van der Waals surface area contributed by atoms with E-state index < -0.39 is 18.0 Å². The van der Waals surface area contributed by atoms with Crippen molar-refractivity contribution in [2.24, 2.45) is 0 Å². The third-order valence-corrected chi connectivity index (χ3v) is 7.49. The molecule has 1 amide bonds. The number of hydrogen-bond donors (Lipinski definition) is 1. The second kappa shape index (κ2) is 11.8. The van der Waals surface area contributed by atoms with Crippen LogP contribution in [0.25, 0.3) is 21.9 Å². The molecule has 45 heavy (non-hydrogen) atoms. The summed E-state index contributed by atoms with van der Waals surface area (Å²) in [4.78, 5) is 29.1. The Morgan fingerprint density at radius 1 is 0.956 bits per heavy atom. The van der Waals surface area contributed by atoms with Crippen LogP contribution in [0.15, 0.2) is 61.2 Å². The lowest BCUT2D eigenvalue weighted by atomic mass is 10.1. The van der Waals surface area contributed by atoms with Crippen LogP contribution in [-0.2, 0) is 4.74 Å². The molecule has 0 unspecified atom stereocenters. The summed E-state index contributed by atoms with van der Waals surface area (Å²) >= 11 is 0. The molecular formula is C32H32F3N7O3. The molecule has 234 valence electrons. The number of fused-ring (bicyclic) bond motifs is 2. The molecule has 10 nitrogen and oxygen atoms in total. The first-order valence-electron chi connectivity index (χ1n) is 14.4. The predicted octanol–water partition coefficient (Wildman–Crippen LogP) is 7.42. The molecule has 2 aromatic heterocycles. The van der Waals surface area contributed by atoms with E-state index in [1.54, 1.807) is 24.0 Å². The molecule has 0 radical (unpaired) electrons. The summed E-state index contributed by atoms with van der Waals surface area (Å²) < 4.78 is 54.1. The molecule has 3 heterocycles. The molecule has 0 aliphatic carbocycles. The van der Waals surface area contributed by atoms with Gasteiger partial charge in [0.15, 0.2) is 5.82 Å². The number of nitrogens with zero attached hydrogens (tertiary/aromatic N) is 6. The Hall–Kier alpha value is -5.07. The molecule has 0 spiro atoms. The molecule has 1 aliphatic rings. The highest BCUT2D eigenvalue weighted by Gasteiger charge is 2.26. The van der Waals surface area contributed by atoms with Crippen molar-refractivity contribution in [3.8, 4) is 11.5 Å². The number of imidazole rings is 1. The van der Waals surface area contributed by atoms with Crippen molar-refractivity contribution in [1.82, 2.24) is 24.4 Å². The topological polar surface area (TPSA) is 97.6 Å². The monoisotopic (exact) mass is 619 g/mol. The van der Waals surface area contributed by atoms with Crippen LogP contribution >= 0.6 is 0 Å². The van der Waals surface area contributed by atoms with Gasteiger partial charge in [-0.15, -0.1) is 0 Å². The van der Waals surface area contributed by atoms with Gasteiger partial charge in [0, 0.05) is 48.9 Å². The fourth-order valence-corrected chi connectivity index (χ4v) is 5.17. The summed E-state index contributed by atoms with van der Waals surface area (Å²) in [6.45, 7) is 6.71. The van der Waals surface area contributed by atoms with Crippen molar-refractivity contribution in [1.29, 1.82) is 0 Å². The number of anilines is 3. The van der Waals surface area contributed by atoms with E-state index >= 15 is 4.39 Å². The first-order valence-corrected chi connectivity index (χ1v) is 14.4. The average Bonchev–Trinajstić information content (AvgIpc) is 3.44. The number of carbonyl (C=O) groups excluding carboxylic acids is 1. The van der Waals surface area contributed by atoms with E-state index in [0.717, 1.165) is 16.6 Å². The maximum Gasteiger partial charge on any atom is 0.410 e. The summed E-state index contributed by atoms with van der Waals surface area (Å²) in [5.41, 5.74) is 2.11. The first-order chi connectivity index (χ1) is 21.5. The van der Waals surface area contributed by atoms with E-state index in [1.165, 1.54) is 24.5 Å². The first kappa shape index (κ1) is 30.0. The maximum absolute atomic E-state index is 15.6. The van der Waals surface area contributed by atoms with E-state index in [1.807, 2.05) is 39.0 Å². The number of aromatic nitrogens is 4. The van der Waals surface area contributed by atoms with Gasteiger partial charge in [-0.05, 0) is 70.2 Å². The Morgan fingerprint density at radius 3 is 2.47 bits per heavy atom. The molecule has 13 heteroatoms. The van der Waals surface area contributed by atoms with Crippen molar-refractivity contribution in [3.05, 3.63) is 72.6 Å². The van der Waals surface area contributed by atoms with E-state index in [-0.39, 0.29) is 28.6 Å². The van der Waals surface area contributed by atoms with Gasteiger partial charge in [0.2, 0.25) is 0 Å². The van der Waals surface area contributed by atoms with Gasteiger partial charge >= 0.3 is 12.6 Å². The highest BCUT2D eigenvalue weighted by atomic mass is 19.3. The van der Waals surface area contributed by atoms with Crippen LogP contribution < -0.4 is 15.0 Å². The standard InChI is InChI=1S/C32H32F3N7O3/c1-19-27(44-21-6-9-26-25(16-21)38-18-42(26)30(34)35)10-8-24(28(19)33)39-29-22-15-20(5-7-23(22)36-17-37-29)40-11-13-41(14-12-40)31(43)45-32(2,3)4/h5-10,15-18,30H,11-14H2,1-4H3,(H,36,37,39). The highest BCUT2D eigenvalue weighted by molar-refractivity contribution is 5.93. The van der Waals surface area contributed by atoms with Crippen LogP contribution in [0.5, 0.6) is 11.5 Å². The number of piperazine rings is 1. The van der Waals surface area contributed by atoms with Crippen LogP contribution in [0.2, 0.25) is 0 Å². The van der Waals surface area contributed by atoms with E-state index in [0.29, 0.717) is 54.2 Å². The van der Waals surface area contributed by atoms with Gasteiger partial charge in [0.05, 0.1) is 22.2 Å². The number of nitrogens with one attached hydrogen (secondary N) is 1. The van der Waals surface area contributed by atoms with Crippen molar-refractivity contribution in [2.75, 3.05) is 36.4 Å². The molecule has 0 saturated carbocycles. The summed E-state index contributed by atoms with van der Waals surface area (Å²) in [6.07, 6.45) is 2.16. The SMILES string of the molecule is Cc1c(Oc2ccc3c(c2)ncn3C(F)F)ccc(Nc2ncnc3ccc(N4CCN(C(=O)OC(C)(C)C)CC4)cc23)c1F. The van der Waals surface area contributed by atoms with Gasteiger partial charge in [0.25, 0.3) is 0 Å². The molecule has 0 bridgehead atoms. The Kier molecular flexibility index (Phi) is 7.85. The second-order valence-electron chi connectivity index (χ2n) is 11.7. The van der Waals surface area contributed by atoms with Crippen LogP contribution in [0.3, 0.4) is 0 Å². The Balaban J connectivity index is 1.19. The van der Waals surface area contributed by atoms with Crippen molar-refractivity contribution in [2.45, 2.75) is 39.8 Å². The van der Waals surface area contributed by atoms with Gasteiger partial charge in [0.1, 0.15) is 35.6 Å². The number of carbonyl (C=O) groups is 1. The van der Waals surface area contributed by atoms with Crippen LogP contribution in [-0.4, -0.2) is 62.3 Å². The normalized spacial score (nSPS) is 14.0. The van der Waals surface area contributed by atoms with E-state index in [2.05, 4.69) is 25.2 Å². The van der Waals surface area contributed by atoms with Gasteiger partial charge in [-0.1, -0.05) is 0 Å². The number of benzene rings is 3. The molecule has 6 rings (SSSR count). The Labute approximate surface area is 257 Å². The predicted molar refractivity (Wildman–Crippen MR) is 165 cm³/mol. The lowest BCUT2D eigenvalue weighted by molar-refractivity contribution is 0.0240. The largest absolute Gasteiger partial charge is 0.457 e. The number of rotatable bonds is 6. The summed E-state index contributed by atoms with van der Waals surface area (Å²) in [7, 11) is 0. The molecular weight excluding hydrogens is 587 g/mol. The molecule has 1 N–H and O–H groups in total. The summed E-state index contributed by atoms with van der Waals surface area (Å²) in [5, 5.41) is 3.81. The number of halogens is 3. The fourth-order valence-electron chi connectivity index (χ4n) is 5.17. The molecule has 1 fully saturated rings. The minimum absolute atomic E-state index is 0.197. The van der Waals surface area contributed by atoms with Crippen molar-refractivity contribution in [3.63, 3.8) is 0 Å². The number of alkyl halides is 2. The Morgan fingerprint density at radius 2 is 1.73 bits per heavy atom. The van der Waals surface area contributed by atoms with Crippen LogP contribution in [0.4, 0.5) is 35.2 Å². The molecule has 3 aromatic carbocycles. The van der Waals surface area contributed by atoms with E-state index in [9.17, 15) is 13.6 Å². The molecule has 5 aromatic rings. The zero-order chi connectivity index (χ0) is 31.9. The average molecular weight is 620 g/mol. The van der Waals surface area contributed by atoms with Crippen LogP contribution in [0.1, 0.15) is 32.9 Å². The van der Waals surface area contributed by atoms with E-state index in [4.69, 9.17) is 9.47 Å². The van der Waals surface area contributed by atoms with Gasteiger partial charge in [-0.25, -0.2) is 24.1 Å². The van der Waals surface area contributed by atoms with Gasteiger partial charge in [-0.2, -0.15) is 8.78 Å². The summed E-state index contributed by atoms with van der Waals surface area (Å²) in [5.74, 6) is 0.510. The lowest BCUT2D eigenvalue weighted by Crippen LogP contribution is -2.50. The third kappa shape index (κ3) is 6.28. The maximum atomic E-state index is 15.6. The smallest absolute Gasteiger partial charge is 0.410 e. The Bertz CT molecular complexity index is 1880. The molecule has 0 atom stereocenters. The third-order valence-electron chi connectivity index (χ3n) is 7.49. The molecule has 1 saturated heterocycles. The second-order valence-corrected chi connectivity index (χ2v) is 11.7. The minimum atomic E-state index is -2.71. The van der Waals surface area contributed by atoms with Crippen LogP contribution in [0, 0.1) is 12.7 Å².